The van der Waals surface area contributed by atoms with Gasteiger partial charge in [-0.3, -0.25) is 9.69 Å². The van der Waals surface area contributed by atoms with Gasteiger partial charge in [0.2, 0.25) is 0 Å². The highest BCUT2D eigenvalue weighted by Crippen LogP contribution is 2.25. The average molecular weight is 261 g/mol. The number of nitrogens with zero attached hydrogens (tertiary/aromatic N) is 1. The van der Waals surface area contributed by atoms with E-state index in [1.54, 1.807) is 0 Å². The number of hydrogen-bond donors (Lipinski definition) is 1. The molecule has 0 aliphatic carbocycles. The zero-order valence-electron chi connectivity index (χ0n) is 11.2. The van der Waals surface area contributed by atoms with Crippen molar-refractivity contribution in [2.45, 2.75) is 26.0 Å². The third-order valence-corrected chi connectivity index (χ3v) is 3.01. The van der Waals surface area contributed by atoms with Crippen molar-refractivity contribution in [2.75, 3.05) is 13.1 Å². The van der Waals surface area contributed by atoms with Crippen molar-refractivity contribution in [1.29, 1.82) is 0 Å². The minimum atomic E-state index is -0.818. The molecular weight excluding hydrogens is 242 g/mol. The first-order valence-electron chi connectivity index (χ1n) is 6.46. The zero-order chi connectivity index (χ0) is 13.8. The first kappa shape index (κ1) is 13.6. The number of carboxylic acid groups (broad SMARTS) is 1. The molecule has 0 saturated carbocycles. The van der Waals surface area contributed by atoms with E-state index in [2.05, 4.69) is 0 Å². The van der Waals surface area contributed by atoms with Crippen molar-refractivity contribution in [3.63, 3.8) is 0 Å². The Hall–Kier alpha value is -1.81. The van der Waals surface area contributed by atoms with E-state index in [-0.39, 0.29) is 6.10 Å². The molecule has 1 heterocycles. The van der Waals surface area contributed by atoms with Crippen molar-refractivity contribution in [1.82, 2.24) is 4.90 Å². The summed E-state index contributed by atoms with van der Waals surface area (Å²) in [4.78, 5) is 13.4. The second-order valence-corrected chi connectivity index (χ2v) is 4.90. The van der Waals surface area contributed by atoms with E-state index in [9.17, 15) is 9.90 Å². The van der Waals surface area contributed by atoms with Crippen LogP contribution in [-0.4, -0.2) is 35.2 Å². The molecule has 1 aromatic carbocycles. The number of carbonyl (C=O) groups is 1. The first-order chi connectivity index (χ1) is 9.08. The molecule has 0 bridgehead atoms. The van der Waals surface area contributed by atoms with Gasteiger partial charge in [0.15, 0.2) is 0 Å². The number of ether oxygens (including phenoxy) is 1. The van der Waals surface area contributed by atoms with Gasteiger partial charge in [0, 0.05) is 13.1 Å². The number of aliphatic carboxylic acids is 1. The van der Waals surface area contributed by atoms with Gasteiger partial charge in [-0.25, -0.2) is 0 Å². The third kappa shape index (κ3) is 3.35. The summed E-state index contributed by atoms with van der Waals surface area (Å²) in [6, 6.07) is 6.72. The zero-order valence-corrected chi connectivity index (χ0v) is 11.2. The molecule has 0 radical (unpaired) electrons. The predicted molar refractivity (Wildman–Crippen MR) is 73.3 cm³/mol. The summed E-state index contributed by atoms with van der Waals surface area (Å²) < 4.78 is 5.56. The van der Waals surface area contributed by atoms with Gasteiger partial charge in [-0.1, -0.05) is 24.3 Å². The lowest BCUT2D eigenvalue weighted by Gasteiger charge is -2.24. The molecule has 19 heavy (non-hydrogen) atoms. The van der Waals surface area contributed by atoms with Crippen LogP contribution in [-0.2, 0) is 4.79 Å². The number of hydrogen-bond acceptors (Lipinski definition) is 3. The molecule has 1 aromatic rings. The number of carboxylic acids is 1. The summed E-state index contributed by atoms with van der Waals surface area (Å²) >= 11 is 0. The van der Waals surface area contributed by atoms with Crippen LogP contribution < -0.4 is 4.74 Å². The van der Waals surface area contributed by atoms with Gasteiger partial charge in [-0.15, -0.1) is 0 Å². The van der Waals surface area contributed by atoms with Gasteiger partial charge >= 0.3 is 5.97 Å². The fraction of sp³-hybridized carbons (Fsp3) is 0.400. The standard InChI is InChI=1S/C15H19NO3/c1-11(2)19-13-7-5-12(6-8-13)14(15(17)18)16-9-3-4-10-16/h3-8,11,14H,9-10H2,1-2H3,(H,17,18)/t14-/m0/s1. The van der Waals surface area contributed by atoms with Gasteiger partial charge in [-0.2, -0.15) is 0 Å². The SMILES string of the molecule is CC(C)Oc1ccc([C@@H](C(=O)O)N2CC=CC2)cc1. The Kier molecular flexibility index (Phi) is 4.22. The lowest BCUT2D eigenvalue weighted by Crippen LogP contribution is -2.32. The largest absolute Gasteiger partial charge is 0.491 e. The monoisotopic (exact) mass is 261 g/mol. The maximum Gasteiger partial charge on any atom is 0.325 e. The van der Waals surface area contributed by atoms with Crippen LogP contribution in [0.4, 0.5) is 0 Å². The highest BCUT2D eigenvalue weighted by Gasteiger charge is 2.27. The summed E-state index contributed by atoms with van der Waals surface area (Å²) in [5.74, 6) is -0.0522. The second kappa shape index (κ2) is 5.89. The van der Waals surface area contributed by atoms with Crippen LogP contribution >= 0.6 is 0 Å². The van der Waals surface area contributed by atoms with Crippen molar-refractivity contribution in [3.8, 4) is 5.75 Å². The van der Waals surface area contributed by atoms with Gasteiger partial charge in [0.05, 0.1) is 6.10 Å². The molecule has 1 atom stereocenters. The molecule has 0 amide bonds. The normalized spacial score (nSPS) is 16.8. The molecule has 1 aliphatic heterocycles. The topological polar surface area (TPSA) is 49.8 Å². The van der Waals surface area contributed by atoms with Crippen LogP contribution in [0.25, 0.3) is 0 Å². The molecule has 2 rings (SSSR count). The predicted octanol–water partition coefficient (Wildman–Crippen LogP) is 2.47. The number of rotatable bonds is 5. The minimum absolute atomic E-state index is 0.115. The van der Waals surface area contributed by atoms with Gasteiger partial charge in [0.1, 0.15) is 11.8 Å². The minimum Gasteiger partial charge on any atom is -0.491 e. The Bertz CT molecular complexity index is 457. The van der Waals surface area contributed by atoms with Gasteiger partial charge in [-0.05, 0) is 31.5 Å². The van der Waals surface area contributed by atoms with E-state index in [1.807, 2.05) is 55.2 Å². The molecule has 0 spiro atoms. The average Bonchev–Trinajstić information content (AvgIpc) is 2.84. The van der Waals surface area contributed by atoms with Crippen LogP contribution in [0.1, 0.15) is 25.5 Å². The smallest absolute Gasteiger partial charge is 0.325 e. The second-order valence-electron chi connectivity index (χ2n) is 4.90. The Morgan fingerprint density at radius 2 is 1.79 bits per heavy atom. The van der Waals surface area contributed by atoms with Gasteiger partial charge in [0.25, 0.3) is 0 Å². The molecule has 1 aliphatic rings. The Morgan fingerprint density at radius 3 is 2.26 bits per heavy atom. The molecular formula is C15H19NO3. The first-order valence-corrected chi connectivity index (χ1v) is 6.46. The van der Waals surface area contributed by atoms with Crippen molar-refractivity contribution < 1.29 is 14.6 Å². The fourth-order valence-corrected chi connectivity index (χ4v) is 2.22. The highest BCUT2D eigenvalue weighted by atomic mass is 16.5. The van der Waals surface area contributed by atoms with E-state index in [0.717, 1.165) is 11.3 Å². The van der Waals surface area contributed by atoms with Crippen LogP contribution in [0.3, 0.4) is 0 Å². The van der Waals surface area contributed by atoms with Gasteiger partial charge < -0.3 is 9.84 Å². The molecule has 102 valence electrons. The van der Waals surface area contributed by atoms with Crippen LogP contribution in [0.15, 0.2) is 36.4 Å². The Balaban J connectivity index is 2.15. The van der Waals surface area contributed by atoms with Crippen LogP contribution in [0.2, 0.25) is 0 Å². The van der Waals surface area contributed by atoms with E-state index in [0.29, 0.717) is 13.1 Å². The quantitative estimate of drug-likeness (QED) is 0.827. The molecule has 0 fully saturated rings. The number of benzene rings is 1. The summed E-state index contributed by atoms with van der Waals surface area (Å²) in [6.07, 6.45) is 4.10. The summed E-state index contributed by atoms with van der Waals surface area (Å²) in [5.41, 5.74) is 0.785. The fourth-order valence-electron chi connectivity index (χ4n) is 2.22. The Labute approximate surface area is 113 Å². The van der Waals surface area contributed by atoms with E-state index < -0.39 is 12.0 Å². The van der Waals surface area contributed by atoms with Crippen molar-refractivity contribution >= 4 is 5.97 Å². The van der Waals surface area contributed by atoms with E-state index in [1.165, 1.54) is 0 Å². The molecule has 4 nitrogen and oxygen atoms in total. The maximum absolute atomic E-state index is 11.4. The molecule has 0 unspecified atom stereocenters. The van der Waals surface area contributed by atoms with E-state index in [4.69, 9.17) is 4.74 Å². The lowest BCUT2D eigenvalue weighted by atomic mass is 10.1. The molecule has 1 N–H and O–H groups in total. The maximum atomic E-state index is 11.4. The molecule has 0 saturated heterocycles. The van der Waals surface area contributed by atoms with Crippen molar-refractivity contribution in [3.05, 3.63) is 42.0 Å². The summed E-state index contributed by atoms with van der Waals surface area (Å²) in [5, 5.41) is 9.40. The summed E-state index contributed by atoms with van der Waals surface area (Å²) in [6.45, 7) is 5.29. The lowest BCUT2D eigenvalue weighted by molar-refractivity contribution is -0.143. The van der Waals surface area contributed by atoms with E-state index >= 15 is 0 Å². The highest BCUT2D eigenvalue weighted by molar-refractivity contribution is 5.75. The van der Waals surface area contributed by atoms with Crippen LogP contribution in [0, 0.1) is 0 Å². The van der Waals surface area contributed by atoms with Crippen molar-refractivity contribution in [2.24, 2.45) is 0 Å². The molecule has 4 heteroatoms. The molecule has 0 aromatic heterocycles. The Morgan fingerprint density at radius 1 is 1.21 bits per heavy atom. The third-order valence-electron chi connectivity index (χ3n) is 3.01. The van der Waals surface area contributed by atoms with Crippen LogP contribution in [0.5, 0.6) is 5.75 Å². The summed E-state index contributed by atoms with van der Waals surface area (Å²) in [7, 11) is 0.